The highest BCUT2D eigenvalue weighted by molar-refractivity contribution is 7.19. The molecule has 0 bridgehead atoms. The lowest BCUT2D eigenvalue weighted by molar-refractivity contribution is -0.126. The minimum Gasteiger partial charge on any atom is -0.383 e. The SMILES string of the molecule is Nc1ncnc2sc3c(c12)CCN(C(=O)/C=C/c1ccccc1)C3. The van der Waals surface area contributed by atoms with E-state index in [0.717, 1.165) is 27.1 Å². The van der Waals surface area contributed by atoms with Gasteiger partial charge >= 0.3 is 0 Å². The summed E-state index contributed by atoms with van der Waals surface area (Å²) in [4.78, 5) is 24.8. The topological polar surface area (TPSA) is 72.1 Å². The molecule has 6 heteroatoms. The van der Waals surface area contributed by atoms with E-state index in [-0.39, 0.29) is 5.91 Å². The zero-order chi connectivity index (χ0) is 16.5. The number of carbonyl (C=O) groups excluding carboxylic acids is 1. The van der Waals surface area contributed by atoms with Crippen LogP contribution in [0.2, 0.25) is 0 Å². The molecule has 0 saturated heterocycles. The number of aromatic nitrogens is 2. The zero-order valence-electron chi connectivity index (χ0n) is 13.0. The van der Waals surface area contributed by atoms with Crippen LogP contribution >= 0.6 is 11.3 Å². The van der Waals surface area contributed by atoms with Crippen molar-refractivity contribution in [1.29, 1.82) is 0 Å². The van der Waals surface area contributed by atoms with Crippen molar-refractivity contribution in [2.45, 2.75) is 13.0 Å². The number of anilines is 1. The fraction of sp³-hybridized carbons (Fsp3) is 0.167. The number of amides is 1. The maximum atomic E-state index is 12.5. The highest BCUT2D eigenvalue weighted by Crippen LogP contribution is 2.36. The van der Waals surface area contributed by atoms with Crippen molar-refractivity contribution in [3.8, 4) is 0 Å². The van der Waals surface area contributed by atoms with Crippen molar-refractivity contribution < 1.29 is 4.79 Å². The molecule has 3 aromatic rings. The second kappa shape index (κ2) is 6.05. The normalized spacial score (nSPS) is 14.2. The Labute approximate surface area is 143 Å². The van der Waals surface area contributed by atoms with Gasteiger partial charge in [-0.3, -0.25) is 4.79 Å². The van der Waals surface area contributed by atoms with Gasteiger partial charge < -0.3 is 10.6 Å². The summed E-state index contributed by atoms with van der Waals surface area (Å²) in [5, 5.41) is 0.962. The van der Waals surface area contributed by atoms with Crippen molar-refractivity contribution in [1.82, 2.24) is 14.9 Å². The molecule has 0 fully saturated rings. The molecule has 24 heavy (non-hydrogen) atoms. The molecule has 1 aliphatic rings. The molecule has 3 heterocycles. The van der Waals surface area contributed by atoms with Crippen molar-refractivity contribution in [2.75, 3.05) is 12.3 Å². The van der Waals surface area contributed by atoms with Crippen LogP contribution < -0.4 is 5.73 Å². The number of nitrogens with two attached hydrogens (primary N) is 1. The van der Waals surface area contributed by atoms with Crippen molar-refractivity contribution >= 4 is 39.4 Å². The van der Waals surface area contributed by atoms with Gasteiger partial charge in [0.25, 0.3) is 0 Å². The number of hydrogen-bond acceptors (Lipinski definition) is 5. The first kappa shape index (κ1) is 14.8. The molecule has 4 rings (SSSR count). The van der Waals surface area contributed by atoms with E-state index in [2.05, 4.69) is 9.97 Å². The van der Waals surface area contributed by atoms with E-state index in [0.29, 0.717) is 18.9 Å². The molecule has 0 spiro atoms. The number of fused-ring (bicyclic) bond motifs is 3. The van der Waals surface area contributed by atoms with E-state index in [4.69, 9.17) is 5.73 Å². The average Bonchev–Trinajstić information content (AvgIpc) is 2.99. The van der Waals surface area contributed by atoms with Gasteiger partial charge in [0, 0.05) is 17.5 Å². The molecule has 5 nitrogen and oxygen atoms in total. The summed E-state index contributed by atoms with van der Waals surface area (Å²) in [7, 11) is 0. The first-order valence-electron chi connectivity index (χ1n) is 7.75. The van der Waals surface area contributed by atoms with Crippen LogP contribution in [-0.2, 0) is 17.8 Å². The van der Waals surface area contributed by atoms with E-state index in [1.807, 2.05) is 41.3 Å². The van der Waals surface area contributed by atoms with Crippen molar-refractivity contribution in [3.05, 3.63) is 58.7 Å². The summed E-state index contributed by atoms with van der Waals surface area (Å²) in [6, 6.07) is 9.83. The Morgan fingerprint density at radius 3 is 2.92 bits per heavy atom. The fourth-order valence-electron chi connectivity index (χ4n) is 2.98. The molecule has 1 aliphatic heterocycles. The Bertz CT molecular complexity index is 933. The number of thiophene rings is 1. The van der Waals surface area contributed by atoms with Gasteiger partial charge in [-0.1, -0.05) is 30.3 Å². The third-order valence-corrected chi connectivity index (χ3v) is 5.32. The number of nitrogens with zero attached hydrogens (tertiary/aromatic N) is 3. The first-order chi connectivity index (χ1) is 11.7. The summed E-state index contributed by atoms with van der Waals surface area (Å²) in [6.07, 6.45) is 5.77. The van der Waals surface area contributed by atoms with Gasteiger partial charge in [0.15, 0.2) is 0 Å². The lowest BCUT2D eigenvalue weighted by atomic mass is 10.0. The summed E-state index contributed by atoms with van der Waals surface area (Å²) in [6.45, 7) is 1.29. The molecule has 0 unspecified atom stereocenters. The summed E-state index contributed by atoms with van der Waals surface area (Å²) in [5.41, 5.74) is 8.22. The van der Waals surface area contributed by atoms with E-state index in [1.54, 1.807) is 17.4 Å². The fourth-order valence-corrected chi connectivity index (χ4v) is 4.19. The average molecular weight is 336 g/mol. The lowest BCUT2D eigenvalue weighted by Crippen LogP contribution is -2.34. The van der Waals surface area contributed by atoms with E-state index in [1.165, 1.54) is 11.9 Å². The third kappa shape index (κ3) is 2.65. The quantitative estimate of drug-likeness (QED) is 0.731. The van der Waals surface area contributed by atoms with Crippen LogP contribution in [0.4, 0.5) is 5.82 Å². The van der Waals surface area contributed by atoms with Gasteiger partial charge in [0.2, 0.25) is 5.91 Å². The largest absolute Gasteiger partial charge is 0.383 e. The Hall–Kier alpha value is -2.73. The van der Waals surface area contributed by atoms with Crippen LogP contribution in [-0.4, -0.2) is 27.3 Å². The van der Waals surface area contributed by atoms with Crippen LogP contribution in [0.3, 0.4) is 0 Å². The Morgan fingerprint density at radius 1 is 1.25 bits per heavy atom. The molecular weight excluding hydrogens is 320 g/mol. The second-order valence-electron chi connectivity index (χ2n) is 5.70. The lowest BCUT2D eigenvalue weighted by Gasteiger charge is -2.26. The molecule has 1 amide bonds. The summed E-state index contributed by atoms with van der Waals surface area (Å²) < 4.78 is 0. The number of hydrogen-bond donors (Lipinski definition) is 1. The van der Waals surface area contributed by atoms with Gasteiger partial charge in [-0.15, -0.1) is 11.3 Å². The number of rotatable bonds is 2. The van der Waals surface area contributed by atoms with E-state index < -0.39 is 0 Å². The van der Waals surface area contributed by atoms with E-state index >= 15 is 0 Å². The minimum absolute atomic E-state index is 0.0287. The highest BCUT2D eigenvalue weighted by Gasteiger charge is 2.24. The highest BCUT2D eigenvalue weighted by atomic mass is 32.1. The summed E-state index contributed by atoms with van der Waals surface area (Å²) in [5.74, 6) is 0.558. The molecular formula is C18H16N4OS. The Kier molecular flexibility index (Phi) is 3.74. The molecule has 0 radical (unpaired) electrons. The second-order valence-corrected chi connectivity index (χ2v) is 6.78. The monoisotopic (exact) mass is 336 g/mol. The first-order valence-corrected chi connectivity index (χ1v) is 8.57. The van der Waals surface area contributed by atoms with Crippen LogP contribution in [0, 0.1) is 0 Å². The third-order valence-electron chi connectivity index (χ3n) is 4.20. The number of benzene rings is 1. The number of carbonyl (C=O) groups is 1. The van der Waals surface area contributed by atoms with Gasteiger partial charge in [-0.05, 0) is 23.6 Å². The van der Waals surface area contributed by atoms with Crippen LogP contribution in [0.25, 0.3) is 16.3 Å². The molecule has 1 aromatic carbocycles. The van der Waals surface area contributed by atoms with Gasteiger partial charge in [-0.2, -0.15) is 0 Å². The van der Waals surface area contributed by atoms with Crippen LogP contribution in [0.1, 0.15) is 16.0 Å². The predicted molar refractivity (Wildman–Crippen MR) is 96.4 cm³/mol. The molecule has 0 saturated carbocycles. The van der Waals surface area contributed by atoms with Crippen molar-refractivity contribution in [3.63, 3.8) is 0 Å². The zero-order valence-corrected chi connectivity index (χ0v) is 13.8. The number of nitrogen functional groups attached to an aromatic ring is 1. The van der Waals surface area contributed by atoms with E-state index in [9.17, 15) is 4.79 Å². The van der Waals surface area contributed by atoms with Crippen LogP contribution in [0.15, 0.2) is 42.7 Å². The maximum Gasteiger partial charge on any atom is 0.246 e. The Balaban J connectivity index is 1.56. The molecule has 2 aromatic heterocycles. The van der Waals surface area contributed by atoms with Gasteiger partial charge in [-0.25, -0.2) is 9.97 Å². The van der Waals surface area contributed by atoms with Gasteiger partial charge in [0.05, 0.1) is 11.9 Å². The van der Waals surface area contributed by atoms with Crippen molar-refractivity contribution in [2.24, 2.45) is 0 Å². The molecule has 0 aliphatic carbocycles. The molecule has 120 valence electrons. The Morgan fingerprint density at radius 2 is 2.08 bits per heavy atom. The minimum atomic E-state index is 0.0287. The molecule has 2 N–H and O–H groups in total. The predicted octanol–water partition coefficient (Wildman–Crippen LogP) is 2.87. The molecule has 0 atom stereocenters. The standard InChI is InChI=1S/C18H16N4OS/c19-17-16-13-8-9-22(10-14(13)24-18(16)21-11-20-17)15(23)7-6-12-4-2-1-3-5-12/h1-7,11H,8-10H2,(H2,19,20,21)/b7-6+. The van der Waals surface area contributed by atoms with Crippen LogP contribution in [0.5, 0.6) is 0 Å². The van der Waals surface area contributed by atoms with Gasteiger partial charge in [0.1, 0.15) is 17.0 Å². The maximum absolute atomic E-state index is 12.5. The smallest absolute Gasteiger partial charge is 0.246 e. The summed E-state index contributed by atoms with van der Waals surface area (Å²) >= 11 is 1.60.